The molecule has 0 spiro atoms. The summed E-state index contributed by atoms with van der Waals surface area (Å²) in [6.07, 6.45) is 0.479. The van der Waals surface area contributed by atoms with E-state index in [1.807, 2.05) is 0 Å². The first-order valence-electron chi connectivity index (χ1n) is 4.64. The van der Waals surface area contributed by atoms with Gasteiger partial charge in [0.1, 0.15) is 0 Å². The first kappa shape index (κ1) is 9.67. The van der Waals surface area contributed by atoms with Gasteiger partial charge in [-0.25, -0.2) is 0 Å². The van der Waals surface area contributed by atoms with E-state index in [1.54, 1.807) is 0 Å². The Balaban J connectivity index is 2.10. The normalized spacial score (nSPS) is 28.0. The Bertz CT molecular complexity index is 306. The van der Waals surface area contributed by atoms with Crippen molar-refractivity contribution in [1.29, 1.82) is 0 Å². The van der Waals surface area contributed by atoms with Crippen LogP contribution in [0.1, 0.15) is 13.8 Å². The second-order valence-electron chi connectivity index (χ2n) is 3.59. The van der Waals surface area contributed by atoms with Crippen LogP contribution in [-0.2, 0) is 4.74 Å². The number of hydrogen-bond acceptors (Lipinski definition) is 6. The standard InChI is InChI=1S/C8H14N4OS/c1-5-3-12(4-6(2)13-5)8-11-10-7(9)14-8/h5-6H,3-4H2,1-2H3,(H2,9,10)/t5-,6+. The van der Waals surface area contributed by atoms with Crippen molar-refractivity contribution in [3.05, 3.63) is 0 Å². The van der Waals surface area contributed by atoms with Crippen molar-refractivity contribution in [1.82, 2.24) is 10.2 Å². The Hall–Kier alpha value is -0.880. The summed E-state index contributed by atoms with van der Waals surface area (Å²) in [6.45, 7) is 5.85. The number of ether oxygens (including phenoxy) is 1. The molecule has 2 atom stereocenters. The van der Waals surface area contributed by atoms with Gasteiger partial charge in [-0.3, -0.25) is 0 Å². The fraction of sp³-hybridized carbons (Fsp3) is 0.750. The lowest BCUT2D eigenvalue weighted by atomic mass is 10.2. The fourth-order valence-corrected chi connectivity index (χ4v) is 2.32. The van der Waals surface area contributed by atoms with Crippen molar-refractivity contribution in [3.63, 3.8) is 0 Å². The molecule has 0 amide bonds. The molecular formula is C8H14N4OS. The Morgan fingerprint density at radius 1 is 1.36 bits per heavy atom. The molecule has 1 fully saturated rings. The summed E-state index contributed by atoms with van der Waals surface area (Å²) in [4.78, 5) is 2.17. The Morgan fingerprint density at radius 2 is 2.00 bits per heavy atom. The average molecular weight is 214 g/mol. The molecule has 0 bridgehead atoms. The molecule has 1 saturated heterocycles. The van der Waals surface area contributed by atoms with E-state index in [-0.39, 0.29) is 12.2 Å². The molecule has 5 nitrogen and oxygen atoms in total. The third-order valence-corrected chi connectivity index (χ3v) is 2.93. The number of nitrogens with zero attached hydrogens (tertiary/aromatic N) is 3. The number of morpholine rings is 1. The number of aromatic nitrogens is 2. The van der Waals surface area contributed by atoms with E-state index in [4.69, 9.17) is 10.5 Å². The summed E-state index contributed by atoms with van der Waals surface area (Å²) < 4.78 is 5.63. The minimum absolute atomic E-state index is 0.240. The lowest BCUT2D eigenvalue weighted by Crippen LogP contribution is -2.45. The lowest BCUT2D eigenvalue weighted by Gasteiger charge is -2.34. The monoisotopic (exact) mass is 214 g/mol. The highest BCUT2D eigenvalue weighted by Gasteiger charge is 2.24. The molecular weight excluding hydrogens is 200 g/mol. The van der Waals surface area contributed by atoms with Gasteiger partial charge in [0.15, 0.2) is 0 Å². The SMILES string of the molecule is C[C@@H]1CN(c2nnc(N)s2)C[C@H](C)O1. The highest BCUT2D eigenvalue weighted by Crippen LogP contribution is 2.24. The minimum Gasteiger partial charge on any atom is -0.374 e. The van der Waals surface area contributed by atoms with Gasteiger partial charge in [-0.1, -0.05) is 11.3 Å². The van der Waals surface area contributed by atoms with E-state index in [1.165, 1.54) is 11.3 Å². The molecule has 14 heavy (non-hydrogen) atoms. The number of anilines is 2. The zero-order chi connectivity index (χ0) is 10.1. The maximum Gasteiger partial charge on any atom is 0.210 e. The highest BCUT2D eigenvalue weighted by atomic mass is 32.1. The zero-order valence-electron chi connectivity index (χ0n) is 8.30. The van der Waals surface area contributed by atoms with Gasteiger partial charge in [0.2, 0.25) is 10.3 Å². The molecule has 1 aromatic heterocycles. The van der Waals surface area contributed by atoms with Gasteiger partial charge in [-0.05, 0) is 13.8 Å². The second kappa shape index (κ2) is 3.70. The summed E-state index contributed by atoms with van der Waals surface area (Å²) in [5.74, 6) is 0. The van der Waals surface area contributed by atoms with Gasteiger partial charge in [-0.15, -0.1) is 10.2 Å². The zero-order valence-corrected chi connectivity index (χ0v) is 9.12. The van der Waals surface area contributed by atoms with Crippen LogP contribution in [0.15, 0.2) is 0 Å². The van der Waals surface area contributed by atoms with Crippen molar-refractivity contribution in [2.24, 2.45) is 0 Å². The molecule has 2 N–H and O–H groups in total. The molecule has 1 aliphatic heterocycles. The first-order chi connectivity index (χ1) is 6.65. The van der Waals surface area contributed by atoms with E-state index in [0.717, 1.165) is 18.2 Å². The average Bonchev–Trinajstić information content (AvgIpc) is 2.50. The van der Waals surface area contributed by atoms with E-state index in [9.17, 15) is 0 Å². The van der Waals surface area contributed by atoms with Gasteiger partial charge in [0.25, 0.3) is 0 Å². The largest absolute Gasteiger partial charge is 0.374 e. The maximum atomic E-state index is 5.63. The van der Waals surface area contributed by atoms with Crippen molar-refractivity contribution >= 4 is 21.6 Å². The molecule has 0 saturated carbocycles. The smallest absolute Gasteiger partial charge is 0.210 e. The number of rotatable bonds is 1. The van der Waals surface area contributed by atoms with Crippen LogP contribution in [-0.4, -0.2) is 35.5 Å². The van der Waals surface area contributed by atoms with Crippen molar-refractivity contribution in [2.75, 3.05) is 23.7 Å². The summed E-state index contributed by atoms with van der Waals surface area (Å²) in [7, 11) is 0. The van der Waals surface area contributed by atoms with E-state index in [2.05, 4.69) is 28.9 Å². The first-order valence-corrected chi connectivity index (χ1v) is 5.46. The van der Waals surface area contributed by atoms with Gasteiger partial charge < -0.3 is 15.4 Å². The molecule has 78 valence electrons. The topological polar surface area (TPSA) is 64.3 Å². The lowest BCUT2D eigenvalue weighted by molar-refractivity contribution is -0.00525. The minimum atomic E-state index is 0.240. The number of hydrogen-bond donors (Lipinski definition) is 1. The molecule has 0 unspecified atom stereocenters. The van der Waals surface area contributed by atoms with Gasteiger partial charge >= 0.3 is 0 Å². The Kier molecular flexibility index (Phi) is 2.56. The molecule has 2 rings (SSSR count). The van der Waals surface area contributed by atoms with Crippen molar-refractivity contribution in [2.45, 2.75) is 26.1 Å². The summed E-state index contributed by atoms with van der Waals surface area (Å²) >= 11 is 1.42. The molecule has 0 aliphatic carbocycles. The van der Waals surface area contributed by atoms with E-state index in [0.29, 0.717) is 5.13 Å². The van der Waals surface area contributed by atoms with Crippen LogP contribution in [0.3, 0.4) is 0 Å². The van der Waals surface area contributed by atoms with Crippen LogP contribution < -0.4 is 10.6 Å². The number of nitrogens with two attached hydrogens (primary N) is 1. The van der Waals surface area contributed by atoms with Crippen molar-refractivity contribution in [3.8, 4) is 0 Å². The summed E-state index contributed by atoms with van der Waals surface area (Å²) in [6, 6.07) is 0. The van der Waals surface area contributed by atoms with Crippen LogP contribution >= 0.6 is 11.3 Å². The van der Waals surface area contributed by atoms with Crippen LogP contribution in [0, 0.1) is 0 Å². The molecule has 1 aliphatic rings. The van der Waals surface area contributed by atoms with Crippen LogP contribution in [0.5, 0.6) is 0 Å². The molecule has 2 heterocycles. The molecule has 1 aromatic rings. The molecule has 0 radical (unpaired) electrons. The van der Waals surface area contributed by atoms with Gasteiger partial charge in [-0.2, -0.15) is 0 Å². The summed E-state index contributed by atoms with van der Waals surface area (Å²) in [5, 5.41) is 9.24. The van der Waals surface area contributed by atoms with Crippen LogP contribution in [0.2, 0.25) is 0 Å². The fourth-order valence-electron chi connectivity index (χ4n) is 1.69. The van der Waals surface area contributed by atoms with E-state index >= 15 is 0 Å². The van der Waals surface area contributed by atoms with E-state index < -0.39 is 0 Å². The predicted molar refractivity (Wildman–Crippen MR) is 56.5 cm³/mol. The van der Waals surface area contributed by atoms with Gasteiger partial charge in [0, 0.05) is 13.1 Å². The Labute approximate surface area is 86.9 Å². The maximum absolute atomic E-state index is 5.63. The van der Waals surface area contributed by atoms with Crippen molar-refractivity contribution < 1.29 is 4.74 Å². The Morgan fingerprint density at radius 3 is 2.50 bits per heavy atom. The van der Waals surface area contributed by atoms with Gasteiger partial charge in [0.05, 0.1) is 12.2 Å². The second-order valence-corrected chi connectivity index (χ2v) is 4.57. The predicted octanol–water partition coefficient (Wildman–Crippen LogP) is 0.734. The van der Waals surface area contributed by atoms with Crippen LogP contribution in [0.4, 0.5) is 10.3 Å². The third-order valence-electron chi connectivity index (χ3n) is 2.12. The highest BCUT2D eigenvalue weighted by molar-refractivity contribution is 7.18. The molecule has 6 heteroatoms. The molecule has 0 aromatic carbocycles. The third kappa shape index (κ3) is 1.96. The summed E-state index contributed by atoms with van der Waals surface area (Å²) in [5.41, 5.74) is 5.54. The van der Waals surface area contributed by atoms with Crippen LogP contribution in [0.25, 0.3) is 0 Å². The quantitative estimate of drug-likeness (QED) is 0.746. The number of nitrogen functional groups attached to an aromatic ring is 1.